The molecule has 23 heavy (non-hydrogen) atoms. The Labute approximate surface area is 138 Å². The van der Waals surface area contributed by atoms with E-state index in [0.29, 0.717) is 11.6 Å². The third-order valence-corrected chi connectivity index (χ3v) is 3.98. The number of thioether (sulfide) groups is 1. The average molecular weight is 334 g/mol. The molecule has 2 rings (SSSR count). The highest BCUT2D eigenvalue weighted by Crippen LogP contribution is 2.14. The van der Waals surface area contributed by atoms with E-state index >= 15 is 0 Å². The van der Waals surface area contributed by atoms with E-state index in [4.69, 9.17) is 4.52 Å². The van der Waals surface area contributed by atoms with Gasteiger partial charge in [-0.3, -0.25) is 20.4 Å². The van der Waals surface area contributed by atoms with E-state index in [1.54, 1.807) is 19.9 Å². The Kier molecular flexibility index (Phi) is 6.04. The number of aromatic nitrogens is 1. The van der Waals surface area contributed by atoms with E-state index in [2.05, 4.69) is 21.3 Å². The summed E-state index contributed by atoms with van der Waals surface area (Å²) in [7, 11) is 0. The molecule has 0 aliphatic carbocycles. The molecule has 8 heteroatoms. The Morgan fingerprint density at radius 3 is 2.70 bits per heavy atom. The van der Waals surface area contributed by atoms with Gasteiger partial charge in [0.05, 0.1) is 16.7 Å². The van der Waals surface area contributed by atoms with Crippen molar-refractivity contribution in [1.29, 1.82) is 0 Å². The third-order valence-electron chi connectivity index (χ3n) is 2.83. The van der Waals surface area contributed by atoms with Crippen LogP contribution in [0.25, 0.3) is 0 Å². The molecule has 2 aromatic rings. The van der Waals surface area contributed by atoms with Crippen molar-refractivity contribution in [3.8, 4) is 0 Å². The molecule has 1 atom stereocenters. The number of amides is 2. The predicted molar refractivity (Wildman–Crippen MR) is 90.0 cm³/mol. The molecule has 0 saturated heterocycles. The summed E-state index contributed by atoms with van der Waals surface area (Å²) in [6.07, 6.45) is 0. The van der Waals surface area contributed by atoms with Crippen LogP contribution in [0, 0.1) is 6.92 Å². The van der Waals surface area contributed by atoms with Crippen molar-refractivity contribution in [2.75, 3.05) is 16.5 Å². The van der Waals surface area contributed by atoms with Gasteiger partial charge in [0.1, 0.15) is 5.76 Å². The fourth-order valence-corrected chi connectivity index (χ4v) is 2.31. The molecule has 2 amide bonds. The van der Waals surface area contributed by atoms with Crippen molar-refractivity contribution < 1.29 is 14.1 Å². The summed E-state index contributed by atoms with van der Waals surface area (Å²) in [5, 5.41) is 5.93. The first kappa shape index (κ1) is 16.9. The number of nitrogens with one attached hydrogen (secondary N) is 3. The minimum Gasteiger partial charge on any atom is -0.360 e. The normalized spacial score (nSPS) is 11.6. The molecule has 7 nitrogen and oxygen atoms in total. The molecular formula is C15H18N4O3S. The molecule has 0 fully saturated rings. The van der Waals surface area contributed by atoms with Crippen molar-refractivity contribution in [2.45, 2.75) is 19.1 Å². The lowest BCUT2D eigenvalue weighted by Gasteiger charge is -2.11. The number of aryl methyl sites for hydroxylation is 1. The highest BCUT2D eigenvalue weighted by Gasteiger charge is 2.16. The van der Waals surface area contributed by atoms with Gasteiger partial charge in [-0.1, -0.05) is 23.4 Å². The molecule has 0 aliphatic rings. The molecule has 3 N–H and O–H groups in total. The Morgan fingerprint density at radius 2 is 2.04 bits per heavy atom. The second kappa shape index (κ2) is 8.23. The number of hydrazine groups is 1. The molecule has 0 spiro atoms. The van der Waals surface area contributed by atoms with Crippen LogP contribution in [0.2, 0.25) is 0 Å². The van der Waals surface area contributed by atoms with Crippen LogP contribution in [-0.4, -0.2) is 28.0 Å². The van der Waals surface area contributed by atoms with Crippen LogP contribution in [0.3, 0.4) is 0 Å². The second-order valence-corrected chi connectivity index (χ2v) is 6.13. The molecular weight excluding hydrogens is 316 g/mol. The van der Waals surface area contributed by atoms with E-state index in [1.165, 1.54) is 11.8 Å². The monoisotopic (exact) mass is 334 g/mol. The van der Waals surface area contributed by atoms with E-state index in [9.17, 15) is 9.59 Å². The zero-order valence-electron chi connectivity index (χ0n) is 12.8. The van der Waals surface area contributed by atoms with Gasteiger partial charge in [0.2, 0.25) is 11.8 Å². The number of hydrogen-bond acceptors (Lipinski definition) is 6. The molecule has 0 radical (unpaired) electrons. The number of rotatable bonds is 7. The smallest absolute Gasteiger partial charge is 0.248 e. The first-order valence-corrected chi connectivity index (χ1v) is 8.05. The van der Waals surface area contributed by atoms with Crippen LogP contribution in [0.1, 0.15) is 12.7 Å². The van der Waals surface area contributed by atoms with Gasteiger partial charge in [0.25, 0.3) is 0 Å². The predicted octanol–water partition coefficient (Wildman–Crippen LogP) is 2.19. The Hall–Kier alpha value is -2.48. The van der Waals surface area contributed by atoms with Gasteiger partial charge in [-0.25, -0.2) is 0 Å². The molecule has 0 saturated carbocycles. The number of anilines is 2. The zero-order valence-corrected chi connectivity index (χ0v) is 13.6. The van der Waals surface area contributed by atoms with Gasteiger partial charge >= 0.3 is 0 Å². The van der Waals surface area contributed by atoms with E-state index < -0.39 is 5.25 Å². The van der Waals surface area contributed by atoms with Crippen LogP contribution in [0.15, 0.2) is 40.9 Å². The maximum absolute atomic E-state index is 12.0. The second-order valence-electron chi connectivity index (χ2n) is 4.80. The highest BCUT2D eigenvalue weighted by molar-refractivity contribution is 8.01. The summed E-state index contributed by atoms with van der Waals surface area (Å²) in [6.45, 7) is 3.47. The van der Waals surface area contributed by atoms with Gasteiger partial charge in [-0.15, -0.1) is 11.8 Å². The Bertz CT molecular complexity index is 660. The quantitative estimate of drug-likeness (QED) is 0.672. The van der Waals surface area contributed by atoms with Gasteiger partial charge < -0.3 is 9.84 Å². The topological polar surface area (TPSA) is 96.3 Å². The maximum Gasteiger partial charge on any atom is 0.248 e. The van der Waals surface area contributed by atoms with Gasteiger partial charge in [0.15, 0.2) is 5.82 Å². The van der Waals surface area contributed by atoms with Gasteiger partial charge in [-0.2, -0.15) is 0 Å². The maximum atomic E-state index is 12.0. The van der Waals surface area contributed by atoms with Gasteiger partial charge in [0, 0.05) is 6.07 Å². The third kappa shape index (κ3) is 5.67. The minimum absolute atomic E-state index is 0.159. The summed E-state index contributed by atoms with van der Waals surface area (Å²) in [4.78, 5) is 23.7. The first-order chi connectivity index (χ1) is 11.0. The summed E-state index contributed by atoms with van der Waals surface area (Å²) in [5.41, 5.74) is 6.17. The van der Waals surface area contributed by atoms with Crippen LogP contribution in [-0.2, 0) is 9.59 Å². The number of carbonyl (C=O) groups excluding carboxylic acids is 2. The number of para-hydroxylation sites is 1. The van der Waals surface area contributed by atoms with Gasteiger partial charge in [-0.05, 0) is 26.0 Å². The van der Waals surface area contributed by atoms with E-state index in [-0.39, 0.29) is 17.6 Å². The summed E-state index contributed by atoms with van der Waals surface area (Å²) >= 11 is 1.23. The van der Waals surface area contributed by atoms with Crippen molar-refractivity contribution in [3.63, 3.8) is 0 Å². The fourth-order valence-electron chi connectivity index (χ4n) is 1.63. The number of nitrogens with zero attached hydrogens (tertiary/aromatic N) is 1. The molecule has 1 aromatic heterocycles. The summed E-state index contributed by atoms with van der Waals surface area (Å²) in [5.74, 6) is 0.705. The molecule has 1 unspecified atom stereocenters. The largest absolute Gasteiger partial charge is 0.360 e. The van der Waals surface area contributed by atoms with Crippen molar-refractivity contribution in [1.82, 2.24) is 10.6 Å². The summed E-state index contributed by atoms with van der Waals surface area (Å²) in [6, 6.07) is 10.9. The summed E-state index contributed by atoms with van der Waals surface area (Å²) < 4.78 is 4.87. The van der Waals surface area contributed by atoms with Crippen LogP contribution < -0.4 is 16.2 Å². The van der Waals surface area contributed by atoms with Crippen LogP contribution >= 0.6 is 11.8 Å². The Balaban J connectivity index is 1.69. The highest BCUT2D eigenvalue weighted by atomic mass is 32.2. The molecule has 1 aromatic carbocycles. The SMILES string of the molecule is Cc1cc(NC(=O)C(C)SCC(=O)NNc2ccccc2)no1. The lowest BCUT2D eigenvalue weighted by Crippen LogP contribution is -2.32. The molecule has 0 bridgehead atoms. The fraction of sp³-hybridized carbons (Fsp3) is 0.267. The van der Waals surface area contributed by atoms with Crippen LogP contribution in [0.5, 0.6) is 0 Å². The van der Waals surface area contributed by atoms with Crippen molar-refractivity contribution in [2.24, 2.45) is 0 Å². The Morgan fingerprint density at radius 1 is 1.30 bits per heavy atom. The minimum atomic E-state index is -0.394. The first-order valence-electron chi connectivity index (χ1n) is 7.00. The van der Waals surface area contributed by atoms with Crippen molar-refractivity contribution >= 4 is 35.1 Å². The standard InChI is InChI=1S/C15H18N4O3S/c1-10-8-13(19-22-10)16-15(21)11(2)23-9-14(20)18-17-12-6-4-3-5-7-12/h3-8,11,17H,9H2,1-2H3,(H,18,20)(H,16,19,21). The number of carbonyl (C=O) groups is 2. The van der Waals surface area contributed by atoms with Crippen molar-refractivity contribution in [3.05, 3.63) is 42.2 Å². The van der Waals surface area contributed by atoms with E-state index in [1.807, 2.05) is 30.3 Å². The van der Waals surface area contributed by atoms with E-state index in [0.717, 1.165) is 5.69 Å². The lowest BCUT2D eigenvalue weighted by molar-refractivity contribution is -0.118. The molecule has 122 valence electrons. The number of hydrogen-bond donors (Lipinski definition) is 3. The molecule has 1 heterocycles. The molecule has 0 aliphatic heterocycles. The zero-order chi connectivity index (χ0) is 16.7. The number of benzene rings is 1. The lowest BCUT2D eigenvalue weighted by atomic mass is 10.3. The average Bonchev–Trinajstić information content (AvgIpc) is 2.96. The van der Waals surface area contributed by atoms with Crippen LogP contribution in [0.4, 0.5) is 11.5 Å².